The Kier molecular flexibility index (Phi) is 5.82. The summed E-state index contributed by atoms with van der Waals surface area (Å²) in [5, 5.41) is 2.10. The summed E-state index contributed by atoms with van der Waals surface area (Å²) in [7, 11) is 0. The molecule has 0 N–H and O–H groups in total. The van der Waals surface area contributed by atoms with Crippen LogP contribution in [-0.4, -0.2) is 9.97 Å². The van der Waals surface area contributed by atoms with Crippen LogP contribution in [-0.2, 0) is 0 Å². The van der Waals surface area contributed by atoms with Gasteiger partial charge in [0, 0.05) is 16.3 Å². The zero-order valence-electron chi connectivity index (χ0n) is 24.3. The molecule has 0 aliphatic carbocycles. The molecule has 0 aliphatic heterocycles. The molecule has 7 aromatic carbocycles. The fourth-order valence-electron chi connectivity index (χ4n) is 6.68. The van der Waals surface area contributed by atoms with E-state index in [4.69, 9.17) is 14.4 Å². The highest BCUT2D eigenvalue weighted by atomic mass is 16.3. The van der Waals surface area contributed by atoms with E-state index in [0.717, 1.165) is 77.4 Å². The lowest BCUT2D eigenvalue weighted by atomic mass is 9.86. The molecule has 210 valence electrons. The van der Waals surface area contributed by atoms with Gasteiger partial charge in [0.25, 0.3) is 0 Å². The van der Waals surface area contributed by atoms with Gasteiger partial charge in [0.2, 0.25) is 0 Å². The monoisotopic (exact) mass is 574 g/mol. The number of benzene rings is 7. The first-order chi connectivity index (χ1) is 22.3. The van der Waals surface area contributed by atoms with Gasteiger partial charge in [0.05, 0.1) is 11.0 Å². The van der Waals surface area contributed by atoms with Gasteiger partial charge in [0.1, 0.15) is 11.0 Å². The summed E-state index contributed by atoms with van der Waals surface area (Å²) in [6.45, 7) is 0. The highest BCUT2D eigenvalue weighted by Gasteiger charge is 2.21. The van der Waals surface area contributed by atoms with Crippen molar-refractivity contribution in [1.29, 1.82) is 0 Å². The minimum Gasteiger partial charge on any atom is -0.453 e. The summed E-state index contributed by atoms with van der Waals surface area (Å²) in [4.78, 5) is 10.4. The third-order valence-electron chi connectivity index (χ3n) is 8.70. The van der Waals surface area contributed by atoms with Crippen molar-refractivity contribution in [3.05, 3.63) is 158 Å². The number of hydrogen-bond donors (Lipinski definition) is 0. The average molecular weight is 575 g/mol. The van der Waals surface area contributed by atoms with Gasteiger partial charge in [-0.2, -0.15) is 0 Å². The molecule has 0 saturated carbocycles. The lowest BCUT2D eigenvalue weighted by Gasteiger charge is -2.19. The van der Waals surface area contributed by atoms with Crippen LogP contribution in [0.3, 0.4) is 0 Å². The van der Waals surface area contributed by atoms with Crippen molar-refractivity contribution in [2.45, 2.75) is 0 Å². The lowest BCUT2D eigenvalue weighted by Crippen LogP contribution is -1.95. The van der Waals surface area contributed by atoms with E-state index in [2.05, 4.69) is 140 Å². The minimum atomic E-state index is 0.740. The first-order valence-electron chi connectivity index (χ1n) is 15.2. The predicted molar refractivity (Wildman–Crippen MR) is 186 cm³/mol. The summed E-state index contributed by atoms with van der Waals surface area (Å²) in [6.07, 6.45) is 0. The van der Waals surface area contributed by atoms with Crippen LogP contribution in [0.4, 0.5) is 0 Å². The van der Waals surface area contributed by atoms with Crippen LogP contribution in [0, 0.1) is 0 Å². The molecule has 0 spiro atoms. The molecule has 0 saturated heterocycles. The van der Waals surface area contributed by atoms with Crippen molar-refractivity contribution in [3.8, 4) is 44.5 Å². The SMILES string of the molecule is c1ccc(-c2ccccc2-c2ccc3oc4ccc5nc6ccccc6c5c4nc3c2-c2ccccc2-c2ccccc2)cc1. The quantitative estimate of drug-likeness (QED) is 0.196. The van der Waals surface area contributed by atoms with E-state index in [0.29, 0.717) is 0 Å². The van der Waals surface area contributed by atoms with E-state index in [-0.39, 0.29) is 0 Å². The summed E-state index contributed by atoms with van der Waals surface area (Å²) in [6, 6.07) is 54.9. The second kappa shape index (κ2) is 10.3. The molecule has 0 unspecified atom stereocenters. The third-order valence-corrected chi connectivity index (χ3v) is 8.70. The Hall–Kier alpha value is -6.06. The van der Waals surface area contributed by atoms with Gasteiger partial charge < -0.3 is 4.42 Å². The lowest BCUT2D eigenvalue weighted by molar-refractivity contribution is 0.657. The maximum absolute atomic E-state index is 6.70. The number of hydrogen-bond acceptors (Lipinski definition) is 3. The van der Waals surface area contributed by atoms with Crippen LogP contribution in [0.5, 0.6) is 0 Å². The standard InChI is InChI=1S/C42H26N2O/c1-3-13-27(14-4-1)29-17-7-9-19-31(29)33-23-25-37-41(39(33)32-20-10-8-18-30(32)28-15-5-2-6-16-28)44-42-38(45-37)26-24-36-40(42)34-21-11-12-22-35(34)43-36/h1-26H. The maximum Gasteiger partial charge on any atom is 0.153 e. The number of para-hydroxylation sites is 1. The minimum absolute atomic E-state index is 0.740. The molecule has 2 heterocycles. The molecule has 0 radical (unpaired) electrons. The summed E-state index contributed by atoms with van der Waals surface area (Å²) >= 11 is 0. The van der Waals surface area contributed by atoms with Gasteiger partial charge in [-0.15, -0.1) is 0 Å². The number of fused-ring (bicyclic) bond motifs is 6. The molecule has 45 heavy (non-hydrogen) atoms. The van der Waals surface area contributed by atoms with Crippen LogP contribution >= 0.6 is 0 Å². The van der Waals surface area contributed by atoms with Crippen molar-refractivity contribution in [3.63, 3.8) is 0 Å². The molecule has 2 aromatic heterocycles. The molecule has 9 rings (SSSR count). The summed E-state index contributed by atoms with van der Waals surface area (Å²) < 4.78 is 6.70. The molecule has 0 fully saturated rings. The number of aromatic nitrogens is 2. The Morgan fingerprint density at radius 2 is 0.911 bits per heavy atom. The number of rotatable bonds is 4. The van der Waals surface area contributed by atoms with Crippen LogP contribution in [0.25, 0.3) is 88.5 Å². The van der Waals surface area contributed by atoms with E-state index in [1.807, 2.05) is 18.2 Å². The fraction of sp³-hybridized carbons (Fsp3) is 0. The molecule has 0 bridgehead atoms. The Labute approximate surface area is 260 Å². The topological polar surface area (TPSA) is 38.9 Å². The van der Waals surface area contributed by atoms with Crippen LogP contribution in [0.15, 0.2) is 162 Å². The summed E-state index contributed by atoms with van der Waals surface area (Å²) in [5.74, 6) is 0. The summed E-state index contributed by atoms with van der Waals surface area (Å²) in [5.41, 5.74) is 14.0. The van der Waals surface area contributed by atoms with Crippen molar-refractivity contribution in [1.82, 2.24) is 9.97 Å². The average Bonchev–Trinajstić information content (AvgIpc) is 3.50. The first-order valence-corrected chi connectivity index (χ1v) is 15.2. The normalized spacial score (nSPS) is 11.6. The van der Waals surface area contributed by atoms with Gasteiger partial charge in [-0.05, 0) is 69.3 Å². The molecule has 9 aromatic rings. The second-order valence-electron chi connectivity index (χ2n) is 11.3. The molecule has 0 atom stereocenters. The van der Waals surface area contributed by atoms with E-state index >= 15 is 0 Å². The second-order valence-corrected chi connectivity index (χ2v) is 11.3. The van der Waals surface area contributed by atoms with Gasteiger partial charge in [-0.25, -0.2) is 9.97 Å². The van der Waals surface area contributed by atoms with Crippen LogP contribution in [0.2, 0.25) is 0 Å². The third kappa shape index (κ3) is 4.13. The highest BCUT2D eigenvalue weighted by Crippen LogP contribution is 2.45. The van der Waals surface area contributed by atoms with Crippen LogP contribution < -0.4 is 0 Å². The molecule has 0 aliphatic rings. The zero-order chi connectivity index (χ0) is 29.7. The predicted octanol–water partition coefficient (Wildman–Crippen LogP) is 11.4. The van der Waals surface area contributed by atoms with Crippen molar-refractivity contribution >= 4 is 44.0 Å². The van der Waals surface area contributed by atoms with E-state index in [1.54, 1.807) is 0 Å². The number of nitrogens with zero attached hydrogens (tertiary/aromatic N) is 2. The zero-order valence-corrected chi connectivity index (χ0v) is 24.3. The smallest absolute Gasteiger partial charge is 0.153 e. The Morgan fingerprint density at radius 1 is 0.356 bits per heavy atom. The molecular weight excluding hydrogens is 548 g/mol. The van der Waals surface area contributed by atoms with Crippen molar-refractivity contribution in [2.75, 3.05) is 0 Å². The molecular formula is C42H26N2O. The van der Waals surface area contributed by atoms with Gasteiger partial charge >= 0.3 is 0 Å². The van der Waals surface area contributed by atoms with Gasteiger partial charge in [-0.1, -0.05) is 127 Å². The van der Waals surface area contributed by atoms with E-state index in [1.165, 1.54) is 11.1 Å². The van der Waals surface area contributed by atoms with Gasteiger partial charge in [-0.3, -0.25) is 0 Å². The Morgan fingerprint density at radius 3 is 1.64 bits per heavy atom. The van der Waals surface area contributed by atoms with Crippen LogP contribution in [0.1, 0.15) is 0 Å². The Bertz CT molecular complexity index is 2530. The van der Waals surface area contributed by atoms with E-state index < -0.39 is 0 Å². The molecule has 3 heteroatoms. The Balaban J connectivity index is 1.44. The molecule has 3 nitrogen and oxygen atoms in total. The maximum atomic E-state index is 6.70. The largest absolute Gasteiger partial charge is 0.453 e. The van der Waals surface area contributed by atoms with Crippen molar-refractivity contribution in [2.24, 2.45) is 0 Å². The van der Waals surface area contributed by atoms with Crippen molar-refractivity contribution < 1.29 is 4.42 Å². The first kappa shape index (κ1) is 25.4. The van der Waals surface area contributed by atoms with E-state index in [9.17, 15) is 0 Å². The highest BCUT2D eigenvalue weighted by molar-refractivity contribution is 6.19. The molecule has 0 amide bonds. The fourth-order valence-corrected chi connectivity index (χ4v) is 6.68. The van der Waals surface area contributed by atoms with Gasteiger partial charge in [0.15, 0.2) is 11.2 Å².